The number of benzene rings is 1. The van der Waals surface area contributed by atoms with Gasteiger partial charge in [-0.15, -0.1) is 11.3 Å². The normalized spacial score (nSPS) is 16.5. The lowest BCUT2D eigenvalue weighted by Crippen LogP contribution is -2.44. The highest BCUT2D eigenvalue weighted by atomic mass is 32.2. The second kappa shape index (κ2) is 6.51. The first kappa shape index (κ1) is 16.3. The van der Waals surface area contributed by atoms with Gasteiger partial charge in [-0.1, -0.05) is 0 Å². The van der Waals surface area contributed by atoms with Gasteiger partial charge in [0.15, 0.2) is 0 Å². The lowest BCUT2D eigenvalue weighted by atomic mass is 10.2. The van der Waals surface area contributed by atoms with Gasteiger partial charge in [0.1, 0.15) is 4.21 Å². The molecule has 0 spiro atoms. The number of rotatable bonds is 4. The van der Waals surface area contributed by atoms with Gasteiger partial charge in [-0.25, -0.2) is 8.42 Å². The van der Waals surface area contributed by atoms with Crippen LogP contribution in [0, 0.1) is 6.92 Å². The van der Waals surface area contributed by atoms with Crippen molar-refractivity contribution in [3.05, 3.63) is 41.3 Å². The summed E-state index contributed by atoms with van der Waals surface area (Å²) in [6, 6.07) is 11.1. The molecule has 1 aliphatic heterocycles. The molecule has 0 bridgehead atoms. The molecule has 0 unspecified atom stereocenters. The summed E-state index contributed by atoms with van der Waals surface area (Å²) in [5.41, 5.74) is 1.72. The number of likely N-dealkylation sites (N-methyl/N-ethyl adjacent to an activating group) is 1. The van der Waals surface area contributed by atoms with Crippen molar-refractivity contribution in [1.82, 2.24) is 4.90 Å². The van der Waals surface area contributed by atoms with Crippen molar-refractivity contribution in [3.63, 3.8) is 0 Å². The first-order chi connectivity index (χ1) is 10.9. The quantitative estimate of drug-likeness (QED) is 0.920. The first-order valence-electron chi connectivity index (χ1n) is 7.57. The Labute approximate surface area is 141 Å². The number of nitrogens with zero attached hydrogens (tertiary/aromatic N) is 2. The van der Waals surface area contributed by atoms with Gasteiger partial charge >= 0.3 is 0 Å². The number of piperazine rings is 1. The van der Waals surface area contributed by atoms with Crippen molar-refractivity contribution in [3.8, 4) is 0 Å². The van der Waals surface area contributed by atoms with Crippen LogP contribution in [0.2, 0.25) is 0 Å². The van der Waals surface area contributed by atoms with Gasteiger partial charge in [-0.3, -0.25) is 4.72 Å². The van der Waals surface area contributed by atoms with E-state index in [4.69, 9.17) is 0 Å². The van der Waals surface area contributed by atoms with E-state index < -0.39 is 10.0 Å². The lowest BCUT2D eigenvalue weighted by molar-refractivity contribution is 0.313. The Morgan fingerprint density at radius 2 is 1.65 bits per heavy atom. The molecule has 0 atom stereocenters. The van der Waals surface area contributed by atoms with Crippen LogP contribution < -0.4 is 9.62 Å². The Kier molecular flexibility index (Phi) is 4.61. The van der Waals surface area contributed by atoms with E-state index in [-0.39, 0.29) is 0 Å². The van der Waals surface area contributed by atoms with Crippen LogP contribution in [-0.4, -0.2) is 46.5 Å². The molecule has 1 aromatic carbocycles. The second-order valence-corrected chi connectivity index (χ2v) is 9.00. The summed E-state index contributed by atoms with van der Waals surface area (Å²) in [6.45, 7) is 5.98. The molecule has 1 saturated heterocycles. The number of hydrogen-bond acceptors (Lipinski definition) is 5. The van der Waals surface area contributed by atoms with Crippen molar-refractivity contribution in [2.24, 2.45) is 0 Å². The van der Waals surface area contributed by atoms with Crippen molar-refractivity contribution in [1.29, 1.82) is 0 Å². The van der Waals surface area contributed by atoms with E-state index >= 15 is 0 Å². The van der Waals surface area contributed by atoms with Crippen LogP contribution in [0.1, 0.15) is 4.88 Å². The summed E-state index contributed by atoms with van der Waals surface area (Å²) in [5, 5.41) is 0. The van der Waals surface area contributed by atoms with E-state index in [2.05, 4.69) is 21.6 Å². The van der Waals surface area contributed by atoms with Crippen LogP contribution in [0.15, 0.2) is 40.6 Å². The number of anilines is 2. The molecule has 3 rings (SSSR count). The summed E-state index contributed by atoms with van der Waals surface area (Å²) in [6.07, 6.45) is 0. The predicted octanol–water partition coefficient (Wildman–Crippen LogP) is 2.61. The third kappa shape index (κ3) is 3.85. The Morgan fingerprint density at radius 3 is 2.22 bits per heavy atom. The maximum Gasteiger partial charge on any atom is 0.271 e. The zero-order valence-electron chi connectivity index (χ0n) is 13.3. The molecule has 0 aliphatic carbocycles. The third-order valence-electron chi connectivity index (χ3n) is 3.97. The largest absolute Gasteiger partial charge is 0.369 e. The Balaban J connectivity index is 1.70. The van der Waals surface area contributed by atoms with Crippen LogP contribution in [0.25, 0.3) is 0 Å². The summed E-state index contributed by atoms with van der Waals surface area (Å²) in [5.74, 6) is 0. The topological polar surface area (TPSA) is 52.7 Å². The lowest BCUT2D eigenvalue weighted by Gasteiger charge is -2.34. The molecule has 2 aromatic rings. The number of aryl methyl sites for hydroxylation is 1. The first-order valence-corrected chi connectivity index (χ1v) is 9.87. The SMILES string of the molecule is Cc1ccc(S(=O)(=O)Nc2ccc(N3CCN(C)CC3)cc2)s1. The van der Waals surface area contributed by atoms with Crippen LogP contribution in [0.3, 0.4) is 0 Å². The summed E-state index contributed by atoms with van der Waals surface area (Å²) >= 11 is 1.28. The standard InChI is InChI=1S/C16H21N3O2S2/c1-13-3-8-16(22-13)23(20,21)17-14-4-6-15(7-5-14)19-11-9-18(2)10-12-19/h3-8,17H,9-12H2,1-2H3. The van der Waals surface area contributed by atoms with E-state index in [0.29, 0.717) is 9.90 Å². The summed E-state index contributed by atoms with van der Waals surface area (Å²) < 4.78 is 27.6. The molecule has 5 nitrogen and oxygen atoms in total. The van der Waals surface area contributed by atoms with E-state index in [0.717, 1.165) is 36.7 Å². The Hall–Kier alpha value is -1.57. The monoisotopic (exact) mass is 351 g/mol. The molecule has 124 valence electrons. The minimum absolute atomic E-state index is 0.346. The highest BCUT2D eigenvalue weighted by Crippen LogP contribution is 2.25. The third-order valence-corrected chi connectivity index (χ3v) is 6.84. The van der Waals surface area contributed by atoms with Crippen LogP contribution in [0.4, 0.5) is 11.4 Å². The zero-order chi connectivity index (χ0) is 16.4. The highest BCUT2D eigenvalue weighted by molar-refractivity contribution is 7.94. The predicted molar refractivity (Wildman–Crippen MR) is 96.0 cm³/mol. The van der Waals surface area contributed by atoms with Gasteiger partial charge in [-0.05, 0) is 50.4 Å². The molecule has 1 aromatic heterocycles. The smallest absolute Gasteiger partial charge is 0.271 e. The van der Waals surface area contributed by atoms with Crippen molar-refractivity contribution in [2.45, 2.75) is 11.1 Å². The van der Waals surface area contributed by atoms with Crippen LogP contribution in [-0.2, 0) is 10.0 Å². The number of thiophene rings is 1. The molecule has 0 saturated carbocycles. The minimum atomic E-state index is -3.49. The van der Waals surface area contributed by atoms with E-state index in [1.165, 1.54) is 11.3 Å². The fourth-order valence-corrected chi connectivity index (χ4v) is 4.91. The average Bonchev–Trinajstić information content (AvgIpc) is 2.96. The second-order valence-electron chi connectivity index (χ2n) is 5.81. The van der Waals surface area contributed by atoms with Gasteiger partial charge in [0, 0.05) is 42.4 Å². The van der Waals surface area contributed by atoms with Gasteiger partial charge in [0.25, 0.3) is 10.0 Å². The Morgan fingerprint density at radius 1 is 1.00 bits per heavy atom. The molecular weight excluding hydrogens is 330 g/mol. The molecule has 0 amide bonds. The maximum absolute atomic E-state index is 12.3. The fraction of sp³-hybridized carbons (Fsp3) is 0.375. The molecule has 1 fully saturated rings. The summed E-state index contributed by atoms with van der Waals surface area (Å²) in [4.78, 5) is 5.61. The molecule has 2 heterocycles. The van der Waals surface area contributed by atoms with Crippen molar-refractivity contribution < 1.29 is 8.42 Å². The van der Waals surface area contributed by atoms with Gasteiger partial charge in [0.2, 0.25) is 0 Å². The summed E-state index contributed by atoms with van der Waals surface area (Å²) in [7, 11) is -1.36. The van der Waals surface area contributed by atoms with Gasteiger partial charge in [-0.2, -0.15) is 0 Å². The van der Waals surface area contributed by atoms with Crippen molar-refractivity contribution >= 4 is 32.7 Å². The van der Waals surface area contributed by atoms with Crippen LogP contribution in [0.5, 0.6) is 0 Å². The number of sulfonamides is 1. The Bertz CT molecular complexity index is 761. The van der Waals surface area contributed by atoms with Gasteiger partial charge in [0.05, 0.1) is 0 Å². The zero-order valence-corrected chi connectivity index (χ0v) is 15.0. The number of hydrogen-bond donors (Lipinski definition) is 1. The minimum Gasteiger partial charge on any atom is -0.369 e. The number of nitrogens with one attached hydrogen (secondary N) is 1. The van der Waals surface area contributed by atoms with E-state index in [1.54, 1.807) is 6.07 Å². The molecule has 0 radical (unpaired) electrons. The van der Waals surface area contributed by atoms with Crippen LogP contribution >= 0.6 is 11.3 Å². The van der Waals surface area contributed by atoms with E-state index in [1.807, 2.05) is 37.3 Å². The molecule has 23 heavy (non-hydrogen) atoms. The molecular formula is C16H21N3O2S2. The fourth-order valence-electron chi connectivity index (χ4n) is 2.57. The molecule has 7 heteroatoms. The molecule has 1 N–H and O–H groups in total. The van der Waals surface area contributed by atoms with Gasteiger partial charge < -0.3 is 9.80 Å². The molecule has 1 aliphatic rings. The highest BCUT2D eigenvalue weighted by Gasteiger charge is 2.17. The van der Waals surface area contributed by atoms with Crippen molar-refractivity contribution in [2.75, 3.05) is 42.8 Å². The maximum atomic E-state index is 12.3. The van der Waals surface area contributed by atoms with E-state index in [9.17, 15) is 8.42 Å². The average molecular weight is 351 g/mol.